The lowest BCUT2D eigenvalue weighted by Crippen LogP contribution is -2.52. The maximum atomic E-state index is 12.7. The summed E-state index contributed by atoms with van der Waals surface area (Å²) >= 11 is 0. The summed E-state index contributed by atoms with van der Waals surface area (Å²) < 4.78 is 0. The van der Waals surface area contributed by atoms with Crippen LogP contribution in [0, 0.1) is 5.92 Å². The summed E-state index contributed by atoms with van der Waals surface area (Å²) in [7, 11) is 0. The fraction of sp³-hybridized carbons (Fsp3) is 0.611. The van der Waals surface area contributed by atoms with E-state index in [1.165, 1.54) is 12.0 Å². The van der Waals surface area contributed by atoms with E-state index in [-0.39, 0.29) is 11.9 Å². The molecule has 0 radical (unpaired) electrons. The van der Waals surface area contributed by atoms with Crippen LogP contribution < -0.4 is 21.7 Å². The molecule has 3 aliphatic heterocycles. The van der Waals surface area contributed by atoms with Gasteiger partial charge in [0.1, 0.15) is 6.04 Å². The van der Waals surface area contributed by atoms with Crippen LogP contribution in [-0.4, -0.2) is 49.1 Å². The van der Waals surface area contributed by atoms with Crippen molar-refractivity contribution in [1.82, 2.24) is 26.6 Å². The Bertz CT molecular complexity index is 560. The molecule has 1 aromatic carbocycles. The van der Waals surface area contributed by atoms with Crippen molar-refractivity contribution in [1.29, 1.82) is 0 Å². The first kappa shape index (κ1) is 16.0. The SMILES string of the molecule is O=C(C1CCNN1)N1CCCC(C2NNCC2c2ccccc2)C1. The van der Waals surface area contributed by atoms with E-state index in [4.69, 9.17) is 0 Å². The molecule has 6 heteroatoms. The van der Waals surface area contributed by atoms with Gasteiger partial charge in [-0.1, -0.05) is 30.3 Å². The van der Waals surface area contributed by atoms with Crippen molar-refractivity contribution < 1.29 is 4.79 Å². The number of piperidine rings is 1. The van der Waals surface area contributed by atoms with Crippen LogP contribution in [0.1, 0.15) is 30.7 Å². The number of amides is 1. The van der Waals surface area contributed by atoms with Gasteiger partial charge in [-0.2, -0.15) is 0 Å². The number of benzene rings is 1. The topological polar surface area (TPSA) is 68.4 Å². The summed E-state index contributed by atoms with van der Waals surface area (Å²) in [6.45, 7) is 3.58. The second kappa shape index (κ2) is 7.19. The summed E-state index contributed by atoms with van der Waals surface area (Å²) in [4.78, 5) is 14.8. The molecule has 1 aromatic rings. The van der Waals surface area contributed by atoms with Crippen LogP contribution in [0.25, 0.3) is 0 Å². The molecule has 4 rings (SSSR count). The Labute approximate surface area is 143 Å². The quantitative estimate of drug-likeness (QED) is 0.644. The van der Waals surface area contributed by atoms with Gasteiger partial charge in [-0.15, -0.1) is 0 Å². The number of carbonyl (C=O) groups excluding carboxylic acids is 1. The predicted molar refractivity (Wildman–Crippen MR) is 93.0 cm³/mol. The van der Waals surface area contributed by atoms with E-state index in [2.05, 4.69) is 56.9 Å². The Morgan fingerprint density at radius 3 is 2.75 bits per heavy atom. The molecule has 0 aliphatic carbocycles. The summed E-state index contributed by atoms with van der Waals surface area (Å²) in [5.41, 5.74) is 14.4. The third kappa shape index (κ3) is 3.19. The molecule has 6 nitrogen and oxygen atoms in total. The largest absolute Gasteiger partial charge is 0.341 e. The van der Waals surface area contributed by atoms with E-state index in [0.29, 0.717) is 17.9 Å². The molecule has 0 bridgehead atoms. The number of nitrogens with zero attached hydrogens (tertiary/aromatic N) is 1. The molecule has 3 aliphatic rings. The van der Waals surface area contributed by atoms with Crippen molar-refractivity contribution in [2.24, 2.45) is 5.92 Å². The van der Waals surface area contributed by atoms with E-state index >= 15 is 0 Å². The van der Waals surface area contributed by atoms with Gasteiger partial charge >= 0.3 is 0 Å². The number of rotatable bonds is 3. The highest BCUT2D eigenvalue weighted by atomic mass is 16.2. The molecule has 24 heavy (non-hydrogen) atoms. The van der Waals surface area contributed by atoms with E-state index in [1.54, 1.807) is 0 Å². The zero-order chi connectivity index (χ0) is 16.4. The van der Waals surface area contributed by atoms with Gasteiger partial charge in [0.25, 0.3) is 0 Å². The van der Waals surface area contributed by atoms with Crippen LogP contribution in [0.2, 0.25) is 0 Å². The second-order valence-corrected chi connectivity index (χ2v) is 7.17. The Morgan fingerprint density at radius 1 is 1.08 bits per heavy atom. The number of hydrazine groups is 2. The maximum Gasteiger partial charge on any atom is 0.241 e. The first-order chi connectivity index (χ1) is 11.8. The van der Waals surface area contributed by atoms with Crippen LogP contribution in [0.15, 0.2) is 30.3 Å². The van der Waals surface area contributed by atoms with Crippen molar-refractivity contribution in [2.45, 2.75) is 37.3 Å². The van der Waals surface area contributed by atoms with Gasteiger partial charge < -0.3 is 4.90 Å². The minimum atomic E-state index is -0.0525. The lowest BCUT2D eigenvalue weighted by atomic mass is 9.81. The fourth-order valence-corrected chi connectivity index (χ4v) is 4.38. The molecule has 4 unspecified atom stereocenters. The molecule has 3 heterocycles. The number of hydrogen-bond acceptors (Lipinski definition) is 5. The molecular formula is C18H27N5O. The normalized spacial score (nSPS) is 33.8. The van der Waals surface area contributed by atoms with Gasteiger partial charge in [0, 0.05) is 38.1 Å². The molecule has 3 fully saturated rings. The average Bonchev–Trinajstić information content (AvgIpc) is 3.34. The van der Waals surface area contributed by atoms with Crippen LogP contribution in [0.4, 0.5) is 0 Å². The Kier molecular flexibility index (Phi) is 4.80. The fourth-order valence-electron chi connectivity index (χ4n) is 4.38. The molecule has 1 amide bonds. The zero-order valence-corrected chi connectivity index (χ0v) is 14.0. The average molecular weight is 329 g/mol. The van der Waals surface area contributed by atoms with Crippen molar-refractivity contribution in [2.75, 3.05) is 26.2 Å². The van der Waals surface area contributed by atoms with Crippen molar-refractivity contribution in [3.63, 3.8) is 0 Å². The molecular weight excluding hydrogens is 302 g/mol. The predicted octanol–water partition coefficient (Wildman–Crippen LogP) is 0.352. The standard InChI is InChI=1S/C18H27N5O/c24-18(16-8-9-19-21-16)23-10-4-7-14(12-23)17-15(11-20-22-17)13-5-2-1-3-6-13/h1-3,5-6,14-17,19-22H,4,7-12H2. The number of nitrogens with one attached hydrogen (secondary N) is 4. The molecule has 3 saturated heterocycles. The van der Waals surface area contributed by atoms with E-state index in [0.717, 1.165) is 39.0 Å². The van der Waals surface area contributed by atoms with E-state index in [1.807, 2.05) is 0 Å². The van der Waals surface area contributed by atoms with Crippen molar-refractivity contribution in [3.05, 3.63) is 35.9 Å². The second-order valence-electron chi connectivity index (χ2n) is 7.17. The van der Waals surface area contributed by atoms with E-state index in [9.17, 15) is 4.79 Å². The van der Waals surface area contributed by atoms with Crippen LogP contribution in [-0.2, 0) is 4.79 Å². The Morgan fingerprint density at radius 2 is 1.96 bits per heavy atom. The summed E-state index contributed by atoms with van der Waals surface area (Å²) in [5.74, 6) is 1.22. The molecule has 130 valence electrons. The van der Waals surface area contributed by atoms with Crippen molar-refractivity contribution >= 4 is 5.91 Å². The van der Waals surface area contributed by atoms with Gasteiger partial charge in [-0.25, -0.2) is 5.43 Å². The molecule has 4 N–H and O–H groups in total. The Balaban J connectivity index is 1.44. The lowest BCUT2D eigenvalue weighted by Gasteiger charge is -2.38. The number of likely N-dealkylation sites (tertiary alicyclic amines) is 1. The van der Waals surface area contributed by atoms with Gasteiger partial charge in [0.05, 0.1) is 0 Å². The van der Waals surface area contributed by atoms with Gasteiger partial charge in [0.15, 0.2) is 0 Å². The molecule has 0 saturated carbocycles. The maximum absolute atomic E-state index is 12.7. The highest BCUT2D eigenvalue weighted by Gasteiger charge is 2.38. The molecule has 0 aromatic heterocycles. The smallest absolute Gasteiger partial charge is 0.241 e. The number of carbonyl (C=O) groups is 1. The van der Waals surface area contributed by atoms with E-state index < -0.39 is 0 Å². The van der Waals surface area contributed by atoms with Gasteiger partial charge in [-0.3, -0.25) is 21.1 Å². The van der Waals surface area contributed by atoms with Gasteiger partial charge in [-0.05, 0) is 30.7 Å². The summed E-state index contributed by atoms with van der Waals surface area (Å²) in [6.07, 6.45) is 3.16. The van der Waals surface area contributed by atoms with Crippen LogP contribution in [0.5, 0.6) is 0 Å². The minimum Gasteiger partial charge on any atom is -0.341 e. The highest BCUT2D eigenvalue weighted by Crippen LogP contribution is 2.31. The third-order valence-electron chi connectivity index (χ3n) is 5.66. The highest BCUT2D eigenvalue weighted by molar-refractivity contribution is 5.82. The zero-order valence-electron chi connectivity index (χ0n) is 14.0. The van der Waals surface area contributed by atoms with Crippen LogP contribution >= 0.6 is 0 Å². The molecule has 0 spiro atoms. The van der Waals surface area contributed by atoms with Crippen LogP contribution in [0.3, 0.4) is 0 Å². The first-order valence-corrected chi connectivity index (χ1v) is 9.13. The summed E-state index contributed by atoms with van der Waals surface area (Å²) in [5, 5.41) is 0. The van der Waals surface area contributed by atoms with Gasteiger partial charge in [0.2, 0.25) is 5.91 Å². The lowest BCUT2D eigenvalue weighted by molar-refractivity contribution is -0.135. The van der Waals surface area contributed by atoms with Crippen molar-refractivity contribution in [3.8, 4) is 0 Å². The monoisotopic (exact) mass is 329 g/mol. The minimum absolute atomic E-state index is 0.0525. The Hall–Kier alpha value is -1.47. The summed E-state index contributed by atoms with van der Waals surface area (Å²) in [6, 6.07) is 11.1. The molecule has 4 atom stereocenters. The number of hydrogen-bond donors (Lipinski definition) is 4. The third-order valence-corrected chi connectivity index (χ3v) is 5.66. The first-order valence-electron chi connectivity index (χ1n) is 9.13.